The van der Waals surface area contributed by atoms with Gasteiger partial charge in [0.2, 0.25) is 0 Å². The molecule has 0 atom stereocenters. The fraction of sp³-hybridized carbons (Fsp3) is 0.667. The van der Waals surface area contributed by atoms with Crippen LogP contribution in [-0.4, -0.2) is 41.7 Å². The van der Waals surface area contributed by atoms with Gasteiger partial charge in [-0.3, -0.25) is 5.32 Å². The van der Waals surface area contributed by atoms with E-state index >= 15 is 0 Å². The van der Waals surface area contributed by atoms with Crippen LogP contribution < -0.4 is 5.32 Å². The van der Waals surface area contributed by atoms with Crippen molar-refractivity contribution in [1.82, 2.24) is 9.88 Å². The summed E-state index contributed by atoms with van der Waals surface area (Å²) in [5.41, 5.74) is 0. The molecule has 1 aliphatic rings. The highest BCUT2D eigenvalue weighted by atomic mass is 32.1. The zero-order chi connectivity index (χ0) is 12.8. The number of anilines is 1. The Bertz CT molecular complexity index is 363. The van der Waals surface area contributed by atoms with Crippen LogP contribution in [-0.2, 0) is 4.74 Å². The van der Waals surface area contributed by atoms with Crippen LogP contribution in [0.25, 0.3) is 0 Å². The Morgan fingerprint density at radius 1 is 1.61 bits per heavy atom. The number of nitrogens with one attached hydrogen (secondary N) is 1. The summed E-state index contributed by atoms with van der Waals surface area (Å²) in [6.45, 7) is 4.35. The Labute approximate surface area is 111 Å². The number of carbonyl (C=O) groups excluding carboxylic acids is 1. The molecule has 6 heteroatoms. The minimum Gasteiger partial charge on any atom is -0.375 e. The maximum absolute atomic E-state index is 11.7. The van der Waals surface area contributed by atoms with E-state index < -0.39 is 0 Å². The number of hydrogen-bond acceptors (Lipinski definition) is 4. The molecule has 5 nitrogen and oxygen atoms in total. The van der Waals surface area contributed by atoms with Gasteiger partial charge in [0, 0.05) is 18.2 Å². The first-order chi connectivity index (χ1) is 8.79. The maximum Gasteiger partial charge on any atom is 0.323 e. The largest absolute Gasteiger partial charge is 0.375 e. The molecule has 100 valence electrons. The molecular formula is C12H19N3O2S. The highest BCUT2D eigenvalue weighted by molar-refractivity contribution is 7.13. The van der Waals surface area contributed by atoms with Crippen LogP contribution in [0.15, 0.2) is 11.6 Å². The first kappa shape index (κ1) is 13.3. The van der Waals surface area contributed by atoms with Crippen LogP contribution in [0.5, 0.6) is 0 Å². The second-order valence-corrected chi connectivity index (χ2v) is 5.27. The number of hydrogen-bond donors (Lipinski definition) is 1. The van der Waals surface area contributed by atoms with Crippen molar-refractivity contribution in [3.8, 4) is 0 Å². The number of urea groups is 1. The molecule has 0 radical (unpaired) electrons. The Balaban J connectivity index is 1.59. The summed E-state index contributed by atoms with van der Waals surface area (Å²) in [7, 11) is 0. The monoisotopic (exact) mass is 269 g/mol. The fourth-order valence-electron chi connectivity index (χ4n) is 1.77. The predicted octanol–water partition coefficient (Wildman–Crippen LogP) is 2.57. The molecule has 0 spiro atoms. The molecule has 1 fully saturated rings. The summed E-state index contributed by atoms with van der Waals surface area (Å²) >= 11 is 1.42. The molecule has 2 rings (SSSR count). The molecule has 0 unspecified atom stereocenters. The van der Waals surface area contributed by atoms with E-state index in [4.69, 9.17) is 4.74 Å². The van der Waals surface area contributed by atoms with Crippen LogP contribution >= 0.6 is 11.3 Å². The Morgan fingerprint density at radius 2 is 2.44 bits per heavy atom. The number of ether oxygens (including phenoxy) is 1. The standard InChI is InChI=1S/C12H19N3O2S/c1-2-3-4-6-17-10-8-15(9-10)12(16)14-11-13-5-7-18-11/h5,7,10H,2-4,6,8-9H2,1H3,(H,13,14,16). The molecule has 1 aromatic heterocycles. The van der Waals surface area contributed by atoms with Crippen molar-refractivity contribution >= 4 is 22.5 Å². The van der Waals surface area contributed by atoms with Gasteiger partial charge in [-0.05, 0) is 6.42 Å². The van der Waals surface area contributed by atoms with Crippen molar-refractivity contribution in [2.45, 2.75) is 32.3 Å². The number of thiazole rings is 1. The normalized spacial score (nSPS) is 15.5. The van der Waals surface area contributed by atoms with E-state index in [2.05, 4.69) is 17.2 Å². The second kappa shape index (κ2) is 6.70. The number of rotatable bonds is 6. The van der Waals surface area contributed by atoms with Gasteiger partial charge in [0.1, 0.15) is 0 Å². The van der Waals surface area contributed by atoms with Crippen molar-refractivity contribution in [3.63, 3.8) is 0 Å². The lowest BCUT2D eigenvalue weighted by molar-refractivity contribution is -0.0342. The number of nitrogens with zero attached hydrogens (tertiary/aromatic N) is 2. The molecule has 0 aliphatic carbocycles. The van der Waals surface area contributed by atoms with Crippen molar-refractivity contribution in [2.24, 2.45) is 0 Å². The molecule has 2 heterocycles. The van der Waals surface area contributed by atoms with Crippen molar-refractivity contribution < 1.29 is 9.53 Å². The smallest absolute Gasteiger partial charge is 0.323 e. The molecule has 2 amide bonds. The number of likely N-dealkylation sites (tertiary alicyclic amines) is 1. The van der Waals surface area contributed by atoms with Gasteiger partial charge in [0.25, 0.3) is 0 Å². The van der Waals surface area contributed by atoms with E-state index in [9.17, 15) is 4.79 Å². The van der Waals surface area contributed by atoms with Gasteiger partial charge >= 0.3 is 6.03 Å². The first-order valence-corrected chi connectivity index (χ1v) is 7.24. The maximum atomic E-state index is 11.7. The lowest BCUT2D eigenvalue weighted by atomic mass is 10.2. The van der Waals surface area contributed by atoms with Gasteiger partial charge in [-0.1, -0.05) is 19.8 Å². The van der Waals surface area contributed by atoms with Crippen molar-refractivity contribution in [3.05, 3.63) is 11.6 Å². The van der Waals surface area contributed by atoms with E-state index in [0.717, 1.165) is 13.0 Å². The molecule has 18 heavy (non-hydrogen) atoms. The quantitative estimate of drug-likeness (QED) is 0.807. The molecule has 1 aliphatic heterocycles. The minimum absolute atomic E-state index is 0.0849. The molecule has 1 saturated heterocycles. The van der Waals surface area contributed by atoms with Gasteiger partial charge in [-0.25, -0.2) is 9.78 Å². The SMILES string of the molecule is CCCCCOC1CN(C(=O)Nc2nccs2)C1. The summed E-state index contributed by atoms with van der Waals surface area (Å²) in [6.07, 6.45) is 5.41. The average Bonchev–Trinajstić information content (AvgIpc) is 2.79. The number of amides is 2. The van der Waals surface area contributed by atoms with Crippen LogP contribution in [0, 0.1) is 0 Å². The van der Waals surface area contributed by atoms with E-state index in [0.29, 0.717) is 18.2 Å². The van der Waals surface area contributed by atoms with E-state index in [-0.39, 0.29) is 12.1 Å². The van der Waals surface area contributed by atoms with Gasteiger partial charge in [-0.15, -0.1) is 11.3 Å². The third-order valence-corrected chi connectivity index (χ3v) is 3.57. The molecule has 0 saturated carbocycles. The summed E-state index contributed by atoms with van der Waals surface area (Å²) in [5.74, 6) is 0. The van der Waals surface area contributed by atoms with Gasteiger partial charge < -0.3 is 9.64 Å². The topological polar surface area (TPSA) is 54.5 Å². The van der Waals surface area contributed by atoms with E-state index in [1.807, 2.05) is 5.38 Å². The highest BCUT2D eigenvalue weighted by Gasteiger charge is 2.31. The second-order valence-electron chi connectivity index (χ2n) is 4.37. The van der Waals surface area contributed by atoms with Gasteiger partial charge in [0.05, 0.1) is 19.2 Å². The van der Waals surface area contributed by atoms with Gasteiger partial charge in [-0.2, -0.15) is 0 Å². The van der Waals surface area contributed by atoms with E-state index in [1.54, 1.807) is 11.1 Å². The summed E-state index contributed by atoms with van der Waals surface area (Å²) < 4.78 is 5.66. The summed E-state index contributed by atoms with van der Waals surface area (Å²) in [6, 6.07) is -0.0849. The van der Waals surface area contributed by atoms with Crippen LogP contribution in [0.2, 0.25) is 0 Å². The number of unbranched alkanes of at least 4 members (excludes halogenated alkanes) is 2. The molecular weight excluding hydrogens is 250 g/mol. The zero-order valence-corrected chi connectivity index (χ0v) is 11.4. The molecule has 1 aromatic rings. The van der Waals surface area contributed by atoms with Crippen LogP contribution in [0.3, 0.4) is 0 Å². The Hall–Kier alpha value is -1.14. The van der Waals surface area contributed by atoms with Crippen molar-refractivity contribution in [2.75, 3.05) is 25.0 Å². The first-order valence-electron chi connectivity index (χ1n) is 6.36. The lowest BCUT2D eigenvalue weighted by Crippen LogP contribution is -2.56. The van der Waals surface area contributed by atoms with Gasteiger partial charge in [0.15, 0.2) is 5.13 Å². The Morgan fingerprint density at radius 3 is 3.11 bits per heavy atom. The van der Waals surface area contributed by atoms with E-state index in [1.165, 1.54) is 24.2 Å². The predicted molar refractivity (Wildman–Crippen MR) is 72.0 cm³/mol. The fourth-order valence-corrected chi connectivity index (χ4v) is 2.29. The Kier molecular flexibility index (Phi) is 4.95. The lowest BCUT2D eigenvalue weighted by Gasteiger charge is -2.38. The number of aromatic nitrogens is 1. The third-order valence-electron chi connectivity index (χ3n) is 2.88. The molecule has 0 bridgehead atoms. The molecule has 0 aromatic carbocycles. The number of carbonyl (C=O) groups is 1. The average molecular weight is 269 g/mol. The van der Waals surface area contributed by atoms with Crippen molar-refractivity contribution in [1.29, 1.82) is 0 Å². The summed E-state index contributed by atoms with van der Waals surface area (Å²) in [4.78, 5) is 17.5. The third kappa shape index (κ3) is 3.68. The highest BCUT2D eigenvalue weighted by Crippen LogP contribution is 2.16. The van der Waals surface area contributed by atoms with Crippen LogP contribution in [0.1, 0.15) is 26.2 Å². The minimum atomic E-state index is -0.0849. The zero-order valence-electron chi connectivity index (χ0n) is 10.6. The summed E-state index contributed by atoms with van der Waals surface area (Å²) in [5, 5.41) is 5.24. The van der Waals surface area contributed by atoms with Crippen LogP contribution in [0.4, 0.5) is 9.93 Å². The molecule has 1 N–H and O–H groups in total.